The van der Waals surface area contributed by atoms with Gasteiger partial charge in [0, 0.05) is 12.0 Å². The van der Waals surface area contributed by atoms with Crippen LogP contribution in [0, 0.1) is 12.7 Å². The van der Waals surface area contributed by atoms with Crippen LogP contribution >= 0.6 is 0 Å². The van der Waals surface area contributed by atoms with Crippen LogP contribution in [0.5, 0.6) is 0 Å². The molecule has 24 heavy (non-hydrogen) atoms. The Morgan fingerprint density at radius 2 is 1.75 bits per heavy atom. The molecule has 1 aromatic carbocycles. The van der Waals surface area contributed by atoms with E-state index in [1.807, 2.05) is 13.8 Å². The molecule has 0 radical (unpaired) electrons. The molecule has 0 fully saturated rings. The van der Waals surface area contributed by atoms with Gasteiger partial charge in [-0.15, -0.1) is 0 Å². The largest absolute Gasteiger partial charge is 0.466 e. The molecule has 0 N–H and O–H groups in total. The number of benzene rings is 1. The number of carbonyl (C=O) groups is 2. The Hall–Kier alpha value is -1.91. The summed E-state index contributed by atoms with van der Waals surface area (Å²) in [6.45, 7) is 9.79. The third-order valence-corrected chi connectivity index (χ3v) is 3.28. The molecule has 1 unspecified atom stereocenters. The van der Waals surface area contributed by atoms with Gasteiger partial charge in [-0.1, -0.05) is 26.0 Å². The summed E-state index contributed by atoms with van der Waals surface area (Å²) in [6.07, 6.45) is 0.991. The van der Waals surface area contributed by atoms with Gasteiger partial charge in [-0.2, -0.15) is 0 Å². The number of hydrogen-bond donors (Lipinski definition) is 0. The monoisotopic (exact) mass is 340 g/mol. The second-order valence-corrected chi connectivity index (χ2v) is 5.03. The van der Waals surface area contributed by atoms with Crippen LogP contribution in [0.2, 0.25) is 0 Å². The lowest BCUT2D eigenvalue weighted by molar-refractivity contribution is -0.146. The highest BCUT2D eigenvalue weighted by Crippen LogP contribution is 2.27. The molecule has 0 amide bonds. The Morgan fingerprint density at radius 1 is 1.12 bits per heavy atom. The highest BCUT2D eigenvalue weighted by molar-refractivity contribution is 5.78. The van der Waals surface area contributed by atoms with E-state index in [0.29, 0.717) is 25.0 Å². The van der Waals surface area contributed by atoms with Gasteiger partial charge >= 0.3 is 11.9 Å². The van der Waals surface area contributed by atoms with Gasteiger partial charge in [0.15, 0.2) is 0 Å². The summed E-state index contributed by atoms with van der Waals surface area (Å²) >= 11 is 0. The van der Waals surface area contributed by atoms with Crippen LogP contribution < -0.4 is 0 Å². The number of aryl methyl sites for hydroxylation is 1. The standard InChI is InChI=1S/C17H23FO4.C2H6/c1-4-21-16(19)8-6-7-14(17(20)22-5-2)13-10-9-12(3)11-15(13)18;1-2/h9-11,14H,4-8H2,1-3H3;1-2H3. The number of esters is 2. The van der Waals surface area contributed by atoms with Crippen molar-refractivity contribution in [3.63, 3.8) is 0 Å². The third-order valence-electron chi connectivity index (χ3n) is 3.28. The van der Waals surface area contributed by atoms with Gasteiger partial charge in [0.05, 0.1) is 19.1 Å². The Balaban J connectivity index is 0.00000254. The van der Waals surface area contributed by atoms with Crippen LogP contribution in [-0.2, 0) is 19.1 Å². The molecule has 0 bridgehead atoms. The molecule has 1 atom stereocenters. The molecule has 0 saturated heterocycles. The van der Waals surface area contributed by atoms with Crippen molar-refractivity contribution in [2.75, 3.05) is 13.2 Å². The highest BCUT2D eigenvalue weighted by atomic mass is 19.1. The number of carbonyl (C=O) groups excluding carboxylic acids is 2. The van der Waals surface area contributed by atoms with Crippen molar-refractivity contribution in [3.8, 4) is 0 Å². The number of rotatable bonds is 8. The van der Waals surface area contributed by atoms with E-state index in [9.17, 15) is 14.0 Å². The molecule has 5 heteroatoms. The summed E-state index contributed by atoms with van der Waals surface area (Å²) in [6, 6.07) is 4.76. The van der Waals surface area contributed by atoms with Gasteiger partial charge in [-0.25, -0.2) is 4.39 Å². The molecular formula is C19H29FO4. The lowest BCUT2D eigenvalue weighted by Crippen LogP contribution is -2.18. The lowest BCUT2D eigenvalue weighted by Gasteiger charge is -2.17. The molecule has 0 aliphatic heterocycles. The van der Waals surface area contributed by atoms with Crippen molar-refractivity contribution < 1.29 is 23.5 Å². The molecule has 0 aromatic heterocycles. The van der Waals surface area contributed by atoms with E-state index < -0.39 is 17.7 Å². The van der Waals surface area contributed by atoms with Gasteiger partial charge in [0.25, 0.3) is 0 Å². The smallest absolute Gasteiger partial charge is 0.313 e. The zero-order valence-electron chi connectivity index (χ0n) is 15.4. The number of ether oxygens (including phenoxy) is 2. The SMILES string of the molecule is CC.CCOC(=O)CCCC(C(=O)OCC)c1ccc(C)cc1F. The second kappa shape index (κ2) is 12.5. The molecule has 1 rings (SSSR count). The van der Waals surface area contributed by atoms with Crippen molar-refractivity contribution in [1.82, 2.24) is 0 Å². The summed E-state index contributed by atoms with van der Waals surface area (Å²) < 4.78 is 24.0. The van der Waals surface area contributed by atoms with E-state index in [-0.39, 0.29) is 19.0 Å². The second-order valence-electron chi connectivity index (χ2n) is 5.03. The van der Waals surface area contributed by atoms with Crippen molar-refractivity contribution in [1.29, 1.82) is 0 Å². The molecule has 0 spiro atoms. The molecule has 0 aliphatic rings. The van der Waals surface area contributed by atoms with Gasteiger partial charge in [0.1, 0.15) is 5.82 Å². The van der Waals surface area contributed by atoms with Crippen molar-refractivity contribution >= 4 is 11.9 Å². The first-order valence-corrected chi connectivity index (χ1v) is 8.57. The fourth-order valence-corrected chi connectivity index (χ4v) is 2.24. The molecule has 4 nitrogen and oxygen atoms in total. The minimum absolute atomic E-state index is 0.206. The van der Waals surface area contributed by atoms with Gasteiger partial charge in [-0.05, 0) is 45.2 Å². The fraction of sp³-hybridized carbons (Fsp3) is 0.579. The summed E-state index contributed by atoms with van der Waals surface area (Å²) in [5.41, 5.74) is 1.10. The van der Waals surface area contributed by atoms with E-state index >= 15 is 0 Å². The highest BCUT2D eigenvalue weighted by Gasteiger charge is 2.25. The molecule has 1 aromatic rings. The predicted molar refractivity (Wildman–Crippen MR) is 92.3 cm³/mol. The summed E-state index contributed by atoms with van der Waals surface area (Å²) in [4.78, 5) is 23.4. The zero-order chi connectivity index (χ0) is 18.5. The van der Waals surface area contributed by atoms with Gasteiger partial charge in [-0.3, -0.25) is 9.59 Å². The average Bonchev–Trinajstić information content (AvgIpc) is 2.55. The Labute approximate surface area is 144 Å². The summed E-state index contributed by atoms with van der Waals surface area (Å²) in [7, 11) is 0. The Kier molecular flexibility index (Phi) is 11.5. The van der Waals surface area contributed by atoms with Crippen LogP contribution in [0.3, 0.4) is 0 Å². The predicted octanol–water partition coefficient (Wildman–Crippen LogP) is 4.54. The van der Waals surface area contributed by atoms with Crippen LogP contribution in [0.15, 0.2) is 18.2 Å². The maximum Gasteiger partial charge on any atom is 0.313 e. The molecule has 0 saturated carbocycles. The number of halogens is 1. The molecular weight excluding hydrogens is 311 g/mol. The maximum atomic E-state index is 14.1. The van der Waals surface area contributed by atoms with Crippen molar-refractivity contribution in [2.45, 2.75) is 59.8 Å². The van der Waals surface area contributed by atoms with E-state index in [0.717, 1.165) is 5.56 Å². The summed E-state index contributed by atoms with van der Waals surface area (Å²) in [5, 5.41) is 0. The fourth-order valence-electron chi connectivity index (χ4n) is 2.24. The first-order valence-electron chi connectivity index (χ1n) is 8.57. The van der Waals surface area contributed by atoms with E-state index in [2.05, 4.69) is 0 Å². The quantitative estimate of drug-likeness (QED) is 0.652. The van der Waals surface area contributed by atoms with E-state index in [4.69, 9.17) is 9.47 Å². The molecule has 0 aliphatic carbocycles. The van der Waals surface area contributed by atoms with Gasteiger partial charge in [0.2, 0.25) is 0 Å². The number of hydrogen-bond acceptors (Lipinski definition) is 4. The van der Waals surface area contributed by atoms with Gasteiger partial charge < -0.3 is 9.47 Å². The van der Waals surface area contributed by atoms with Crippen LogP contribution in [0.4, 0.5) is 4.39 Å². The van der Waals surface area contributed by atoms with E-state index in [1.54, 1.807) is 32.9 Å². The zero-order valence-corrected chi connectivity index (χ0v) is 15.4. The average molecular weight is 340 g/mol. The van der Waals surface area contributed by atoms with Crippen LogP contribution in [-0.4, -0.2) is 25.2 Å². The maximum absolute atomic E-state index is 14.1. The topological polar surface area (TPSA) is 52.6 Å². The Bertz CT molecular complexity index is 514. The minimum atomic E-state index is -0.699. The first kappa shape index (κ1) is 22.1. The normalized spacial score (nSPS) is 11.1. The van der Waals surface area contributed by atoms with Crippen LogP contribution in [0.1, 0.15) is 64.0 Å². The van der Waals surface area contributed by atoms with E-state index in [1.165, 1.54) is 6.07 Å². The molecule has 0 heterocycles. The minimum Gasteiger partial charge on any atom is -0.466 e. The molecule has 136 valence electrons. The van der Waals surface area contributed by atoms with Crippen molar-refractivity contribution in [3.05, 3.63) is 35.1 Å². The van der Waals surface area contributed by atoms with Crippen LogP contribution in [0.25, 0.3) is 0 Å². The third kappa shape index (κ3) is 7.57. The Morgan fingerprint density at radius 3 is 2.29 bits per heavy atom. The first-order chi connectivity index (χ1) is 11.5. The van der Waals surface area contributed by atoms with Crippen molar-refractivity contribution in [2.24, 2.45) is 0 Å². The lowest BCUT2D eigenvalue weighted by atomic mass is 9.92. The summed E-state index contributed by atoms with van der Waals surface area (Å²) in [5.74, 6) is -1.90.